The summed E-state index contributed by atoms with van der Waals surface area (Å²) in [6.07, 6.45) is -1.64. The maximum Gasteiger partial charge on any atom is 0.314 e. The Morgan fingerprint density at radius 3 is 2.48 bits per heavy atom. The molecule has 2 aromatic heterocycles. The Labute approximate surface area is 149 Å². The van der Waals surface area contributed by atoms with Gasteiger partial charge in [0.25, 0.3) is 17.1 Å². The molecule has 3 aromatic rings. The molecule has 0 atom stereocenters. The van der Waals surface area contributed by atoms with Gasteiger partial charge in [-0.15, -0.1) is 10.2 Å². The molecule has 0 aliphatic heterocycles. The van der Waals surface area contributed by atoms with Gasteiger partial charge >= 0.3 is 6.43 Å². The number of nitro benzene ring substituents is 1. The first-order valence-electron chi connectivity index (χ1n) is 7.45. The van der Waals surface area contributed by atoms with Gasteiger partial charge in [0.15, 0.2) is 5.78 Å². The molecule has 3 rings (SSSR count). The molecule has 11 heteroatoms. The maximum atomic E-state index is 12.5. The number of aromatic nitrogens is 3. The normalized spacial score (nSPS) is 10.9. The van der Waals surface area contributed by atoms with Crippen LogP contribution in [0.4, 0.5) is 14.5 Å². The number of nitrogens with zero attached hydrogens (tertiary/aromatic N) is 4. The predicted octanol–water partition coefficient (Wildman–Crippen LogP) is 2.63. The van der Waals surface area contributed by atoms with Crippen LogP contribution in [0.2, 0.25) is 0 Å². The molecule has 0 aliphatic carbocycles. The number of ketones is 1. The Bertz CT molecular complexity index is 1060. The van der Waals surface area contributed by atoms with Crippen molar-refractivity contribution >= 4 is 11.5 Å². The van der Waals surface area contributed by atoms with Crippen molar-refractivity contribution in [3.8, 4) is 11.5 Å². The number of Topliss-reactive ketones (excluding diaryl/α,β-unsaturated/α-hetero) is 1. The van der Waals surface area contributed by atoms with Gasteiger partial charge in [-0.3, -0.25) is 19.7 Å². The lowest BCUT2D eigenvalue weighted by atomic mass is 10.1. The van der Waals surface area contributed by atoms with Crippen molar-refractivity contribution in [2.45, 2.75) is 13.0 Å². The number of carbonyl (C=O) groups excluding carboxylic acids is 1. The lowest BCUT2D eigenvalue weighted by Crippen LogP contribution is -2.23. The molecule has 0 amide bonds. The number of halogens is 2. The standard InChI is InChI=1S/C16H10F2N4O5/c17-14(18)16-20-19-15(27-16)10-5-6-21(13(24)7-10)8-12(23)9-1-3-11(4-2-9)22(25)26/h1-7,14H,8H2. The van der Waals surface area contributed by atoms with Gasteiger partial charge in [0.1, 0.15) is 0 Å². The number of hydrogen-bond acceptors (Lipinski definition) is 7. The Kier molecular flexibility index (Phi) is 4.83. The maximum absolute atomic E-state index is 12.5. The Balaban J connectivity index is 1.78. The second-order valence-corrected chi connectivity index (χ2v) is 5.35. The summed E-state index contributed by atoms with van der Waals surface area (Å²) in [5.41, 5.74) is -0.399. The molecule has 0 spiro atoms. The average molecular weight is 376 g/mol. The topological polar surface area (TPSA) is 121 Å². The number of pyridine rings is 1. The van der Waals surface area contributed by atoms with Gasteiger partial charge in [0.2, 0.25) is 5.89 Å². The molecule has 0 saturated heterocycles. The van der Waals surface area contributed by atoms with Crippen LogP contribution in [0.15, 0.2) is 51.8 Å². The molecule has 1 aromatic carbocycles. The number of rotatable bonds is 6. The van der Waals surface area contributed by atoms with Crippen LogP contribution in [0.3, 0.4) is 0 Å². The summed E-state index contributed by atoms with van der Waals surface area (Å²) in [5.74, 6) is -1.53. The fourth-order valence-corrected chi connectivity index (χ4v) is 2.23. The molecule has 0 saturated carbocycles. The second-order valence-electron chi connectivity index (χ2n) is 5.35. The van der Waals surface area contributed by atoms with E-state index < -0.39 is 28.6 Å². The van der Waals surface area contributed by atoms with Crippen LogP contribution in [0.1, 0.15) is 22.7 Å². The van der Waals surface area contributed by atoms with Gasteiger partial charge in [0.05, 0.1) is 11.5 Å². The van der Waals surface area contributed by atoms with E-state index in [0.717, 1.165) is 10.6 Å². The van der Waals surface area contributed by atoms with E-state index in [2.05, 4.69) is 10.2 Å². The molecule has 138 valence electrons. The van der Waals surface area contributed by atoms with Crippen LogP contribution in [-0.2, 0) is 6.54 Å². The van der Waals surface area contributed by atoms with Gasteiger partial charge in [-0.05, 0) is 18.2 Å². The minimum atomic E-state index is -2.93. The van der Waals surface area contributed by atoms with Crippen molar-refractivity contribution in [2.75, 3.05) is 0 Å². The van der Waals surface area contributed by atoms with E-state index in [1.54, 1.807) is 0 Å². The zero-order valence-electron chi connectivity index (χ0n) is 13.4. The summed E-state index contributed by atoms with van der Waals surface area (Å²) in [6, 6.07) is 7.41. The number of nitro groups is 1. The SMILES string of the molecule is O=C(Cn1ccc(-c2nnc(C(F)F)o2)cc1=O)c1ccc([N+](=O)[O-])cc1. The fourth-order valence-electron chi connectivity index (χ4n) is 2.23. The van der Waals surface area contributed by atoms with E-state index in [1.807, 2.05) is 0 Å². The lowest BCUT2D eigenvalue weighted by Gasteiger charge is -2.05. The molecule has 9 nitrogen and oxygen atoms in total. The highest BCUT2D eigenvalue weighted by Gasteiger charge is 2.18. The first kappa shape index (κ1) is 18.0. The molecule has 0 N–H and O–H groups in total. The monoisotopic (exact) mass is 376 g/mol. The van der Waals surface area contributed by atoms with Gasteiger partial charge in [-0.2, -0.15) is 8.78 Å². The third-order valence-electron chi connectivity index (χ3n) is 3.58. The van der Waals surface area contributed by atoms with E-state index in [1.165, 1.54) is 36.5 Å². The van der Waals surface area contributed by atoms with Crippen molar-refractivity contribution in [1.82, 2.24) is 14.8 Å². The average Bonchev–Trinajstić information content (AvgIpc) is 3.14. The van der Waals surface area contributed by atoms with Crippen LogP contribution in [0, 0.1) is 10.1 Å². The fraction of sp³-hybridized carbons (Fsp3) is 0.125. The van der Waals surface area contributed by atoms with Crippen molar-refractivity contribution in [2.24, 2.45) is 0 Å². The van der Waals surface area contributed by atoms with E-state index >= 15 is 0 Å². The van der Waals surface area contributed by atoms with Crippen molar-refractivity contribution in [3.05, 3.63) is 74.5 Å². The molecule has 27 heavy (non-hydrogen) atoms. The molecule has 0 bridgehead atoms. The molecule has 0 unspecified atom stereocenters. The predicted molar refractivity (Wildman–Crippen MR) is 86.4 cm³/mol. The van der Waals surface area contributed by atoms with Crippen LogP contribution in [0.5, 0.6) is 0 Å². The largest absolute Gasteiger partial charge is 0.415 e. The Hall–Kier alpha value is -3.76. The van der Waals surface area contributed by atoms with Gasteiger partial charge in [-0.25, -0.2) is 0 Å². The Morgan fingerprint density at radius 2 is 1.93 bits per heavy atom. The first-order chi connectivity index (χ1) is 12.8. The highest BCUT2D eigenvalue weighted by molar-refractivity contribution is 5.96. The van der Waals surface area contributed by atoms with Gasteiger partial charge in [0, 0.05) is 35.5 Å². The van der Waals surface area contributed by atoms with E-state index in [0.29, 0.717) is 0 Å². The molecule has 2 heterocycles. The van der Waals surface area contributed by atoms with E-state index in [-0.39, 0.29) is 29.2 Å². The van der Waals surface area contributed by atoms with Crippen LogP contribution in [0.25, 0.3) is 11.5 Å². The zero-order chi connectivity index (χ0) is 19.6. The summed E-state index contributed by atoms with van der Waals surface area (Å²) < 4.78 is 30.8. The van der Waals surface area contributed by atoms with Crippen molar-refractivity contribution < 1.29 is 22.9 Å². The lowest BCUT2D eigenvalue weighted by molar-refractivity contribution is -0.384. The molecular formula is C16H10F2N4O5. The summed E-state index contributed by atoms with van der Waals surface area (Å²) in [7, 11) is 0. The minimum absolute atomic E-state index is 0.137. The molecular weight excluding hydrogens is 366 g/mol. The van der Waals surface area contributed by atoms with Crippen molar-refractivity contribution in [1.29, 1.82) is 0 Å². The highest BCUT2D eigenvalue weighted by Crippen LogP contribution is 2.22. The summed E-state index contributed by atoms with van der Waals surface area (Å²) in [5, 5.41) is 17.2. The summed E-state index contributed by atoms with van der Waals surface area (Å²) in [6.45, 7) is -0.303. The molecule has 0 radical (unpaired) electrons. The third-order valence-corrected chi connectivity index (χ3v) is 3.58. The molecule has 0 aliphatic rings. The highest BCUT2D eigenvalue weighted by atomic mass is 19.3. The summed E-state index contributed by atoms with van der Waals surface area (Å²) >= 11 is 0. The van der Waals surface area contributed by atoms with E-state index in [4.69, 9.17) is 4.42 Å². The number of hydrogen-bond donors (Lipinski definition) is 0. The third kappa shape index (κ3) is 3.92. The molecule has 0 fully saturated rings. The second kappa shape index (κ2) is 7.23. The van der Waals surface area contributed by atoms with E-state index in [9.17, 15) is 28.5 Å². The van der Waals surface area contributed by atoms with Gasteiger partial charge < -0.3 is 8.98 Å². The zero-order valence-corrected chi connectivity index (χ0v) is 13.4. The number of non-ortho nitro benzene ring substituents is 1. The summed E-state index contributed by atoms with van der Waals surface area (Å²) in [4.78, 5) is 34.4. The number of carbonyl (C=O) groups is 1. The van der Waals surface area contributed by atoms with Crippen LogP contribution < -0.4 is 5.56 Å². The quantitative estimate of drug-likeness (QED) is 0.368. The number of alkyl halides is 2. The van der Waals surface area contributed by atoms with Crippen LogP contribution >= 0.6 is 0 Å². The first-order valence-corrected chi connectivity index (χ1v) is 7.45. The van der Waals surface area contributed by atoms with Crippen LogP contribution in [-0.4, -0.2) is 25.5 Å². The Morgan fingerprint density at radius 1 is 1.22 bits per heavy atom. The van der Waals surface area contributed by atoms with Crippen molar-refractivity contribution in [3.63, 3.8) is 0 Å². The minimum Gasteiger partial charge on any atom is -0.415 e. The number of benzene rings is 1. The van der Waals surface area contributed by atoms with Gasteiger partial charge in [-0.1, -0.05) is 0 Å². The smallest absolute Gasteiger partial charge is 0.314 e.